The number of carbonyl (C=O) groups excluding carboxylic acids is 1. The van der Waals surface area contributed by atoms with Crippen LogP contribution in [0.15, 0.2) is 16.6 Å². The summed E-state index contributed by atoms with van der Waals surface area (Å²) in [5, 5.41) is 7.85. The predicted molar refractivity (Wildman–Crippen MR) is 107 cm³/mol. The van der Waals surface area contributed by atoms with Gasteiger partial charge in [0.2, 0.25) is 5.91 Å². The Balaban J connectivity index is 1.98. The van der Waals surface area contributed by atoms with Crippen molar-refractivity contribution in [1.29, 1.82) is 0 Å². The van der Waals surface area contributed by atoms with E-state index in [2.05, 4.69) is 52.2 Å². The lowest BCUT2D eigenvalue weighted by Crippen LogP contribution is -2.57. The summed E-state index contributed by atoms with van der Waals surface area (Å²) in [4.78, 5) is 12.7. The quantitative estimate of drug-likeness (QED) is 0.815. The molecule has 0 aromatic heterocycles. The molecule has 25 heavy (non-hydrogen) atoms. The lowest BCUT2D eigenvalue weighted by molar-refractivity contribution is -0.121. The average Bonchev–Trinajstić information content (AvgIpc) is 2.62. The summed E-state index contributed by atoms with van der Waals surface area (Å²) < 4.78 is 1.06. The van der Waals surface area contributed by atoms with Crippen molar-refractivity contribution in [3.63, 3.8) is 0 Å². The van der Waals surface area contributed by atoms with E-state index in [9.17, 15) is 4.79 Å². The Kier molecular flexibility index (Phi) is 6.18. The minimum atomic E-state index is 0.116. The van der Waals surface area contributed by atoms with E-state index in [1.165, 1.54) is 25.7 Å². The molecule has 1 aromatic carbocycles. The van der Waals surface area contributed by atoms with Crippen LogP contribution in [-0.2, 0) is 4.79 Å². The topological polar surface area (TPSA) is 35.6 Å². The lowest BCUT2D eigenvalue weighted by atomic mass is 9.85. The largest absolute Gasteiger partial charge is 0.317 e. The molecule has 0 bridgehead atoms. The van der Waals surface area contributed by atoms with E-state index < -0.39 is 0 Å². The fraction of sp³-hybridized carbons (Fsp3) is 0.650. The van der Waals surface area contributed by atoms with E-state index in [1.54, 1.807) is 6.92 Å². The van der Waals surface area contributed by atoms with E-state index in [0.717, 1.165) is 47.3 Å². The van der Waals surface area contributed by atoms with Gasteiger partial charge in [-0.3, -0.25) is 4.79 Å². The van der Waals surface area contributed by atoms with Crippen molar-refractivity contribution >= 4 is 27.5 Å². The predicted octanol–water partition coefficient (Wildman–Crippen LogP) is 4.19. The van der Waals surface area contributed by atoms with Gasteiger partial charge in [-0.2, -0.15) is 0 Å². The van der Waals surface area contributed by atoms with E-state index in [-0.39, 0.29) is 5.91 Å². The van der Waals surface area contributed by atoms with Crippen LogP contribution in [0, 0.1) is 19.8 Å². The number of benzene rings is 1. The Labute approximate surface area is 160 Å². The fourth-order valence-corrected chi connectivity index (χ4v) is 4.82. The number of halogens is 1. The van der Waals surface area contributed by atoms with Gasteiger partial charge in [-0.25, -0.2) is 10.0 Å². The third kappa shape index (κ3) is 3.93. The molecule has 0 spiro atoms. The van der Waals surface area contributed by atoms with Crippen molar-refractivity contribution in [2.45, 2.75) is 58.9 Å². The molecule has 3 rings (SSSR count). The van der Waals surface area contributed by atoms with E-state index in [1.807, 2.05) is 5.01 Å². The zero-order valence-corrected chi connectivity index (χ0v) is 17.2. The maximum absolute atomic E-state index is 12.7. The molecule has 0 aliphatic carbocycles. The number of hydrazine groups is 1. The molecule has 0 radical (unpaired) electrons. The van der Waals surface area contributed by atoms with Gasteiger partial charge in [-0.05, 0) is 75.7 Å². The Morgan fingerprint density at radius 2 is 1.92 bits per heavy atom. The average molecular weight is 408 g/mol. The van der Waals surface area contributed by atoms with Gasteiger partial charge in [-0.1, -0.05) is 28.4 Å². The van der Waals surface area contributed by atoms with Gasteiger partial charge < -0.3 is 5.32 Å². The Hall–Kier alpha value is -0.910. The Bertz CT molecular complexity index is 628. The normalized spacial score (nSPS) is 22.8. The van der Waals surface area contributed by atoms with Crippen LogP contribution >= 0.6 is 15.9 Å². The molecule has 2 aliphatic heterocycles. The number of nitrogens with one attached hydrogen (secondary N) is 1. The van der Waals surface area contributed by atoms with Gasteiger partial charge in [-0.15, -0.1) is 0 Å². The van der Waals surface area contributed by atoms with Crippen molar-refractivity contribution in [3.05, 3.63) is 27.7 Å². The summed E-state index contributed by atoms with van der Waals surface area (Å²) in [7, 11) is 0. The standard InChI is InChI=1S/C20H30BrN3O/c1-14-7-8-18(21)15(2)20(14)24(16(3)25)23-13-5-4-6-19(23)17-9-11-22-12-10-17/h7-8,17,19,22H,4-6,9-13H2,1-3H3. The molecule has 138 valence electrons. The smallest absolute Gasteiger partial charge is 0.238 e. The molecule has 2 aliphatic rings. The van der Waals surface area contributed by atoms with E-state index in [4.69, 9.17) is 0 Å². The minimum Gasteiger partial charge on any atom is -0.317 e. The number of hydrogen-bond acceptors (Lipinski definition) is 3. The molecule has 1 amide bonds. The van der Waals surface area contributed by atoms with Crippen LogP contribution in [0.5, 0.6) is 0 Å². The first-order chi connectivity index (χ1) is 12.0. The van der Waals surface area contributed by atoms with Crippen LogP contribution < -0.4 is 10.3 Å². The first-order valence-corrected chi connectivity index (χ1v) is 10.3. The molecule has 5 heteroatoms. The summed E-state index contributed by atoms with van der Waals surface area (Å²) in [6.07, 6.45) is 6.05. The van der Waals surface area contributed by atoms with Crippen LogP contribution in [0.25, 0.3) is 0 Å². The number of aryl methyl sites for hydroxylation is 1. The van der Waals surface area contributed by atoms with Gasteiger partial charge in [0.1, 0.15) is 0 Å². The van der Waals surface area contributed by atoms with Crippen molar-refractivity contribution in [1.82, 2.24) is 10.3 Å². The first-order valence-electron chi connectivity index (χ1n) is 9.54. The summed E-state index contributed by atoms with van der Waals surface area (Å²) in [5.41, 5.74) is 3.36. The van der Waals surface area contributed by atoms with Crippen LogP contribution in [0.1, 0.15) is 50.2 Å². The number of piperidine rings is 2. The number of rotatable bonds is 3. The number of nitrogens with zero attached hydrogens (tertiary/aromatic N) is 2. The molecule has 1 unspecified atom stereocenters. The fourth-order valence-electron chi connectivity index (χ4n) is 4.50. The highest BCUT2D eigenvalue weighted by Gasteiger charge is 2.36. The highest BCUT2D eigenvalue weighted by molar-refractivity contribution is 9.10. The van der Waals surface area contributed by atoms with Gasteiger partial charge in [0.05, 0.1) is 5.69 Å². The van der Waals surface area contributed by atoms with E-state index in [0.29, 0.717) is 12.0 Å². The zero-order chi connectivity index (χ0) is 18.0. The summed E-state index contributed by atoms with van der Waals surface area (Å²) >= 11 is 3.65. The van der Waals surface area contributed by atoms with Gasteiger partial charge in [0.25, 0.3) is 0 Å². The Morgan fingerprint density at radius 3 is 2.60 bits per heavy atom. The maximum Gasteiger partial charge on any atom is 0.238 e. The monoisotopic (exact) mass is 407 g/mol. The molecular weight excluding hydrogens is 378 g/mol. The maximum atomic E-state index is 12.7. The zero-order valence-electron chi connectivity index (χ0n) is 15.6. The van der Waals surface area contributed by atoms with Crippen molar-refractivity contribution in [2.24, 2.45) is 5.92 Å². The van der Waals surface area contributed by atoms with Gasteiger partial charge in [0.15, 0.2) is 0 Å². The molecule has 4 nitrogen and oxygen atoms in total. The van der Waals surface area contributed by atoms with Crippen molar-refractivity contribution in [2.75, 3.05) is 24.6 Å². The molecular formula is C20H30BrN3O. The van der Waals surface area contributed by atoms with Gasteiger partial charge in [0, 0.05) is 24.0 Å². The molecule has 0 saturated carbocycles. The van der Waals surface area contributed by atoms with Crippen molar-refractivity contribution in [3.8, 4) is 0 Å². The summed E-state index contributed by atoms with van der Waals surface area (Å²) in [5.74, 6) is 0.793. The van der Waals surface area contributed by atoms with Crippen LogP contribution in [0.2, 0.25) is 0 Å². The second kappa shape index (κ2) is 8.19. The minimum absolute atomic E-state index is 0.116. The SMILES string of the molecule is CC(=O)N(c1c(C)ccc(Br)c1C)N1CCCCC1C1CCNCC1. The second-order valence-corrected chi connectivity index (χ2v) is 8.34. The molecule has 2 heterocycles. The highest BCUT2D eigenvalue weighted by atomic mass is 79.9. The Morgan fingerprint density at radius 1 is 1.20 bits per heavy atom. The molecule has 1 N–H and O–H groups in total. The van der Waals surface area contributed by atoms with Crippen LogP contribution in [0.4, 0.5) is 5.69 Å². The summed E-state index contributed by atoms with van der Waals surface area (Å²) in [6, 6.07) is 4.65. The third-order valence-corrected chi connectivity index (χ3v) is 6.64. The second-order valence-electron chi connectivity index (χ2n) is 7.48. The third-order valence-electron chi connectivity index (χ3n) is 5.78. The molecule has 1 atom stereocenters. The summed E-state index contributed by atoms with van der Waals surface area (Å²) in [6.45, 7) is 9.08. The number of amides is 1. The van der Waals surface area contributed by atoms with E-state index >= 15 is 0 Å². The number of hydrogen-bond donors (Lipinski definition) is 1. The number of carbonyl (C=O) groups is 1. The molecule has 1 aromatic rings. The first kappa shape index (κ1) is 18.9. The molecule has 2 saturated heterocycles. The molecule has 2 fully saturated rings. The number of anilines is 1. The van der Waals surface area contributed by atoms with Crippen LogP contribution in [-0.4, -0.2) is 36.6 Å². The lowest BCUT2D eigenvalue weighted by Gasteiger charge is -2.47. The van der Waals surface area contributed by atoms with Crippen molar-refractivity contribution < 1.29 is 4.79 Å². The van der Waals surface area contributed by atoms with Crippen LogP contribution in [0.3, 0.4) is 0 Å². The van der Waals surface area contributed by atoms with Gasteiger partial charge >= 0.3 is 0 Å². The highest BCUT2D eigenvalue weighted by Crippen LogP contribution is 2.36.